The van der Waals surface area contributed by atoms with Gasteiger partial charge in [0.05, 0.1) is 5.75 Å². The monoisotopic (exact) mass is 310 g/mol. The van der Waals surface area contributed by atoms with Gasteiger partial charge in [0, 0.05) is 19.1 Å². The number of hydrogen-bond acceptors (Lipinski definition) is 4. The summed E-state index contributed by atoms with van der Waals surface area (Å²) in [5, 5.41) is 0. The van der Waals surface area contributed by atoms with Gasteiger partial charge in [-0.25, -0.2) is 0 Å². The van der Waals surface area contributed by atoms with Crippen molar-refractivity contribution in [3.63, 3.8) is 0 Å². The van der Waals surface area contributed by atoms with Crippen LogP contribution in [0.3, 0.4) is 0 Å². The minimum atomic E-state index is 0.0350. The van der Waals surface area contributed by atoms with Crippen LogP contribution in [0.1, 0.15) is 36.1 Å². The van der Waals surface area contributed by atoms with Gasteiger partial charge in [-0.2, -0.15) is 11.8 Å². The second-order valence-corrected chi connectivity index (χ2v) is 6.85. The summed E-state index contributed by atoms with van der Waals surface area (Å²) in [6.07, 6.45) is 4.36. The fourth-order valence-electron chi connectivity index (χ4n) is 3.13. The molecule has 0 N–H and O–H groups in total. The number of rotatable bonds is 6. The third-order valence-corrected chi connectivity index (χ3v) is 4.75. The third kappa shape index (κ3) is 3.83. The van der Waals surface area contributed by atoms with E-state index in [0.717, 1.165) is 31.0 Å². The highest BCUT2D eigenvalue weighted by Crippen LogP contribution is 2.26. The minimum Gasteiger partial charge on any atom is -0.455 e. The fraction of sp³-hybridized carbons (Fsp3) is 0.688. The first-order valence-corrected chi connectivity index (χ1v) is 8.99. The molecule has 5 heteroatoms. The SMILES string of the molecule is CCC[C@@H]1CN(C(=O)c2ccc(CSC)o2)C[C@H]1N(C)C. The molecular formula is C16H26N2O2S. The Hall–Kier alpha value is -0.940. The molecule has 2 heterocycles. The molecular weight excluding hydrogens is 284 g/mol. The van der Waals surface area contributed by atoms with Gasteiger partial charge in [0.25, 0.3) is 5.91 Å². The van der Waals surface area contributed by atoms with E-state index in [-0.39, 0.29) is 5.91 Å². The van der Waals surface area contributed by atoms with E-state index >= 15 is 0 Å². The van der Waals surface area contributed by atoms with Crippen LogP contribution in [0, 0.1) is 5.92 Å². The van der Waals surface area contributed by atoms with Crippen molar-refractivity contribution < 1.29 is 9.21 Å². The summed E-state index contributed by atoms with van der Waals surface area (Å²) in [6, 6.07) is 4.17. The van der Waals surface area contributed by atoms with Crippen molar-refractivity contribution in [3.05, 3.63) is 23.7 Å². The maximum atomic E-state index is 12.6. The Bertz CT molecular complexity index is 473. The topological polar surface area (TPSA) is 36.7 Å². The maximum absolute atomic E-state index is 12.6. The lowest BCUT2D eigenvalue weighted by atomic mass is 9.98. The molecule has 0 bridgehead atoms. The fourth-order valence-corrected chi connectivity index (χ4v) is 3.57. The molecule has 0 unspecified atom stereocenters. The van der Waals surface area contributed by atoms with Gasteiger partial charge in [-0.05, 0) is 44.8 Å². The Morgan fingerprint density at radius 1 is 1.43 bits per heavy atom. The number of likely N-dealkylation sites (tertiary alicyclic amines) is 1. The summed E-state index contributed by atoms with van der Waals surface area (Å²) in [4.78, 5) is 16.8. The number of amides is 1. The second-order valence-electron chi connectivity index (χ2n) is 5.99. The van der Waals surface area contributed by atoms with Gasteiger partial charge in [0.1, 0.15) is 5.76 Å². The van der Waals surface area contributed by atoms with E-state index in [0.29, 0.717) is 17.7 Å². The van der Waals surface area contributed by atoms with E-state index < -0.39 is 0 Å². The Balaban J connectivity index is 2.05. The van der Waals surface area contributed by atoms with Crippen LogP contribution >= 0.6 is 11.8 Å². The highest BCUT2D eigenvalue weighted by atomic mass is 32.2. The lowest BCUT2D eigenvalue weighted by molar-refractivity contribution is 0.0747. The Morgan fingerprint density at radius 3 is 2.81 bits per heavy atom. The number of furan rings is 1. The van der Waals surface area contributed by atoms with Crippen molar-refractivity contribution >= 4 is 17.7 Å². The molecule has 1 saturated heterocycles. The van der Waals surface area contributed by atoms with E-state index in [1.807, 2.05) is 23.3 Å². The number of likely N-dealkylation sites (N-methyl/N-ethyl adjacent to an activating group) is 1. The summed E-state index contributed by atoms with van der Waals surface area (Å²) in [7, 11) is 4.20. The number of nitrogens with zero attached hydrogens (tertiary/aromatic N) is 2. The molecule has 1 aliphatic heterocycles. The zero-order valence-corrected chi connectivity index (χ0v) is 14.3. The molecule has 2 rings (SSSR count). The van der Waals surface area contributed by atoms with Gasteiger partial charge in [0.2, 0.25) is 0 Å². The summed E-state index contributed by atoms with van der Waals surface area (Å²) >= 11 is 1.70. The Morgan fingerprint density at radius 2 is 2.19 bits per heavy atom. The Labute approximate surface area is 131 Å². The van der Waals surface area contributed by atoms with Crippen LogP contribution < -0.4 is 0 Å². The first-order valence-electron chi connectivity index (χ1n) is 7.60. The van der Waals surface area contributed by atoms with Gasteiger partial charge >= 0.3 is 0 Å². The average molecular weight is 310 g/mol. The molecule has 1 aliphatic rings. The van der Waals surface area contributed by atoms with E-state index in [9.17, 15) is 4.79 Å². The predicted molar refractivity (Wildman–Crippen MR) is 87.7 cm³/mol. The zero-order chi connectivity index (χ0) is 15.4. The van der Waals surface area contributed by atoms with Gasteiger partial charge in [-0.3, -0.25) is 4.79 Å². The number of thioether (sulfide) groups is 1. The van der Waals surface area contributed by atoms with E-state index in [1.54, 1.807) is 11.8 Å². The Kier molecular flexibility index (Phi) is 5.76. The molecule has 1 fully saturated rings. The third-order valence-electron chi connectivity index (χ3n) is 4.18. The highest BCUT2D eigenvalue weighted by Gasteiger charge is 2.36. The number of carbonyl (C=O) groups is 1. The van der Waals surface area contributed by atoms with E-state index in [4.69, 9.17) is 4.42 Å². The largest absolute Gasteiger partial charge is 0.455 e. The van der Waals surface area contributed by atoms with Gasteiger partial charge < -0.3 is 14.2 Å². The molecule has 0 saturated carbocycles. The van der Waals surface area contributed by atoms with E-state index in [1.165, 1.54) is 6.42 Å². The molecule has 0 aromatic carbocycles. The molecule has 2 atom stereocenters. The first kappa shape index (κ1) is 16.4. The van der Waals surface area contributed by atoms with E-state index in [2.05, 4.69) is 25.9 Å². The summed E-state index contributed by atoms with van der Waals surface area (Å²) in [6.45, 7) is 3.85. The second kappa shape index (κ2) is 7.36. The molecule has 0 spiro atoms. The van der Waals surface area contributed by atoms with Crippen molar-refractivity contribution in [2.75, 3.05) is 33.4 Å². The number of carbonyl (C=O) groups excluding carboxylic acids is 1. The quantitative estimate of drug-likeness (QED) is 0.809. The summed E-state index contributed by atoms with van der Waals surface area (Å²) in [5.74, 6) is 2.77. The van der Waals surface area contributed by atoms with Gasteiger partial charge in [-0.1, -0.05) is 13.3 Å². The van der Waals surface area contributed by atoms with Crippen molar-refractivity contribution in [2.24, 2.45) is 5.92 Å². The van der Waals surface area contributed by atoms with Crippen LogP contribution in [0.5, 0.6) is 0 Å². The highest BCUT2D eigenvalue weighted by molar-refractivity contribution is 7.97. The zero-order valence-electron chi connectivity index (χ0n) is 13.5. The molecule has 1 amide bonds. The number of hydrogen-bond donors (Lipinski definition) is 0. The first-order chi connectivity index (χ1) is 10.1. The lowest BCUT2D eigenvalue weighted by Gasteiger charge is -2.24. The summed E-state index contributed by atoms with van der Waals surface area (Å²) in [5.41, 5.74) is 0. The van der Waals surface area contributed by atoms with Crippen LogP contribution in [0.25, 0.3) is 0 Å². The van der Waals surface area contributed by atoms with Crippen LogP contribution in [0.15, 0.2) is 16.5 Å². The normalized spacial score (nSPS) is 22.2. The molecule has 21 heavy (non-hydrogen) atoms. The smallest absolute Gasteiger partial charge is 0.289 e. The minimum absolute atomic E-state index is 0.0350. The molecule has 118 valence electrons. The van der Waals surface area contributed by atoms with Crippen LogP contribution in [0.2, 0.25) is 0 Å². The standard InChI is InChI=1S/C16H26N2O2S/c1-5-6-12-9-18(10-14(12)17(2)3)16(19)15-8-7-13(20-15)11-21-4/h7-8,12,14H,5-6,9-11H2,1-4H3/t12-,14-/m1/s1. The lowest BCUT2D eigenvalue weighted by Crippen LogP contribution is -2.36. The molecule has 1 aromatic heterocycles. The average Bonchev–Trinajstić information content (AvgIpc) is 3.06. The van der Waals surface area contributed by atoms with Crippen molar-refractivity contribution in [3.8, 4) is 0 Å². The van der Waals surface area contributed by atoms with Gasteiger partial charge in [0.15, 0.2) is 5.76 Å². The van der Waals surface area contributed by atoms with Crippen LogP contribution in [-0.4, -0.2) is 55.2 Å². The van der Waals surface area contributed by atoms with Crippen molar-refractivity contribution in [2.45, 2.75) is 31.6 Å². The molecule has 1 aromatic rings. The van der Waals surface area contributed by atoms with Crippen molar-refractivity contribution in [1.29, 1.82) is 0 Å². The van der Waals surface area contributed by atoms with Gasteiger partial charge in [-0.15, -0.1) is 0 Å². The maximum Gasteiger partial charge on any atom is 0.289 e. The molecule has 0 radical (unpaired) electrons. The van der Waals surface area contributed by atoms with Crippen LogP contribution in [0.4, 0.5) is 0 Å². The van der Waals surface area contributed by atoms with Crippen molar-refractivity contribution in [1.82, 2.24) is 9.80 Å². The predicted octanol–water partition coefficient (Wildman–Crippen LogP) is 2.94. The molecule has 0 aliphatic carbocycles. The molecule has 4 nitrogen and oxygen atoms in total. The van der Waals surface area contributed by atoms with Crippen LogP contribution in [-0.2, 0) is 5.75 Å². The summed E-state index contributed by atoms with van der Waals surface area (Å²) < 4.78 is 5.66.